The zero-order valence-electron chi connectivity index (χ0n) is 12.4. The van der Waals surface area contributed by atoms with Gasteiger partial charge in [-0.05, 0) is 54.7 Å². The molecule has 2 aromatic rings. The number of unbranched alkanes of at least 4 members (excludes halogenated alkanes) is 2. The highest BCUT2D eigenvalue weighted by atomic mass is 16.5. The number of benzene rings is 2. The van der Waals surface area contributed by atoms with E-state index in [4.69, 9.17) is 14.6 Å². The normalized spacial score (nSPS) is 10.4. The molecule has 0 radical (unpaired) electrons. The Bertz CT molecular complexity index is 517. The van der Waals surface area contributed by atoms with Crippen molar-refractivity contribution in [3.05, 3.63) is 48.5 Å². The van der Waals surface area contributed by atoms with Gasteiger partial charge in [-0.3, -0.25) is 0 Å². The Morgan fingerprint density at radius 3 is 1.86 bits per heavy atom. The number of rotatable bonds is 8. The molecule has 3 nitrogen and oxygen atoms in total. The van der Waals surface area contributed by atoms with Gasteiger partial charge in [0.05, 0.1) is 13.7 Å². The molecule has 112 valence electrons. The van der Waals surface area contributed by atoms with Gasteiger partial charge in [-0.1, -0.05) is 24.3 Å². The van der Waals surface area contributed by atoms with Crippen LogP contribution in [0, 0.1) is 0 Å². The van der Waals surface area contributed by atoms with Crippen LogP contribution < -0.4 is 9.47 Å². The van der Waals surface area contributed by atoms with Crippen molar-refractivity contribution in [1.82, 2.24) is 0 Å². The van der Waals surface area contributed by atoms with E-state index in [1.807, 2.05) is 36.4 Å². The maximum atomic E-state index is 8.71. The molecule has 3 heteroatoms. The lowest BCUT2D eigenvalue weighted by Gasteiger charge is -2.08. The molecule has 0 spiro atoms. The quantitative estimate of drug-likeness (QED) is 0.748. The molecule has 1 N–H and O–H groups in total. The second-order valence-corrected chi connectivity index (χ2v) is 4.89. The van der Waals surface area contributed by atoms with Crippen molar-refractivity contribution in [3.63, 3.8) is 0 Å². The van der Waals surface area contributed by atoms with Crippen molar-refractivity contribution >= 4 is 0 Å². The standard InChI is InChI=1S/C18H22O3/c1-20-17-9-5-15(6-10-17)16-7-11-18(12-8-16)21-14-4-2-3-13-19/h5-12,19H,2-4,13-14H2,1H3. The van der Waals surface area contributed by atoms with Gasteiger partial charge in [-0.25, -0.2) is 0 Å². The number of methoxy groups -OCH3 is 1. The van der Waals surface area contributed by atoms with Gasteiger partial charge in [-0.2, -0.15) is 0 Å². The van der Waals surface area contributed by atoms with Crippen LogP contribution >= 0.6 is 0 Å². The van der Waals surface area contributed by atoms with E-state index in [9.17, 15) is 0 Å². The Morgan fingerprint density at radius 2 is 1.33 bits per heavy atom. The summed E-state index contributed by atoms with van der Waals surface area (Å²) in [6, 6.07) is 16.1. The molecule has 0 unspecified atom stereocenters. The summed E-state index contributed by atoms with van der Waals surface area (Å²) < 4.78 is 10.8. The maximum Gasteiger partial charge on any atom is 0.119 e. The second-order valence-electron chi connectivity index (χ2n) is 4.89. The third kappa shape index (κ3) is 4.80. The van der Waals surface area contributed by atoms with Crippen LogP contribution in [0.5, 0.6) is 11.5 Å². The summed E-state index contributed by atoms with van der Waals surface area (Å²) in [5.74, 6) is 1.75. The van der Waals surface area contributed by atoms with E-state index in [1.54, 1.807) is 7.11 Å². The predicted molar refractivity (Wildman–Crippen MR) is 84.9 cm³/mol. The van der Waals surface area contributed by atoms with E-state index in [0.717, 1.165) is 41.9 Å². The van der Waals surface area contributed by atoms with Crippen molar-refractivity contribution in [3.8, 4) is 22.6 Å². The molecule has 2 rings (SSSR count). The summed E-state index contributed by atoms with van der Waals surface area (Å²) in [5.41, 5.74) is 2.32. The smallest absolute Gasteiger partial charge is 0.119 e. The second kappa shape index (κ2) is 8.32. The van der Waals surface area contributed by atoms with Crippen LogP contribution in [0.15, 0.2) is 48.5 Å². The molecule has 0 heterocycles. The summed E-state index contributed by atoms with van der Waals surface area (Å²) >= 11 is 0. The van der Waals surface area contributed by atoms with Crippen LogP contribution in [-0.4, -0.2) is 25.4 Å². The summed E-state index contributed by atoms with van der Waals surface area (Å²) in [5, 5.41) is 8.71. The monoisotopic (exact) mass is 286 g/mol. The minimum absolute atomic E-state index is 0.260. The topological polar surface area (TPSA) is 38.7 Å². The average molecular weight is 286 g/mol. The average Bonchev–Trinajstić information content (AvgIpc) is 2.55. The first kappa shape index (κ1) is 15.4. The lowest BCUT2D eigenvalue weighted by Crippen LogP contribution is -1.97. The van der Waals surface area contributed by atoms with Gasteiger partial charge in [0.15, 0.2) is 0 Å². The number of ether oxygens (including phenoxy) is 2. The minimum atomic E-state index is 0.260. The Balaban J connectivity index is 1.88. The number of aliphatic hydroxyl groups is 1. The summed E-state index contributed by atoms with van der Waals surface area (Å²) in [4.78, 5) is 0. The van der Waals surface area contributed by atoms with Crippen molar-refractivity contribution in [2.45, 2.75) is 19.3 Å². The zero-order valence-corrected chi connectivity index (χ0v) is 12.4. The van der Waals surface area contributed by atoms with Crippen LogP contribution in [0.3, 0.4) is 0 Å². The number of aliphatic hydroxyl groups excluding tert-OH is 1. The Morgan fingerprint density at radius 1 is 0.762 bits per heavy atom. The van der Waals surface area contributed by atoms with Crippen molar-refractivity contribution in [1.29, 1.82) is 0 Å². The zero-order chi connectivity index (χ0) is 14.9. The highest BCUT2D eigenvalue weighted by molar-refractivity contribution is 5.64. The van der Waals surface area contributed by atoms with E-state index < -0.39 is 0 Å². The van der Waals surface area contributed by atoms with E-state index in [2.05, 4.69) is 12.1 Å². The minimum Gasteiger partial charge on any atom is -0.497 e. The lowest BCUT2D eigenvalue weighted by atomic mass is 10.1. The number of hydrogen-bond donors (Lipinski definition) is 1. The summed E-state index contributed by atoms with van der Waals surface area (Å²) in [6.07, 6.45) is 2.82. The fourth-order valence-corrected chi connectivity index (χ4v) is 2.11. The molecule has 0 atom stereocenters. The fourth-order valence-electron chi connectivity index (χ4n) is 2.11. The SMILES string of the molecule is COc1ccc(-c2ccc(OCCCCCO)cc2)cc1. The molecule has 0 aliphatic carbocycles. The lowest BCUT2D eigenvalue weighted by molar-refractivity contribution is 0.266. The fraction of sp³-hybridized carbons (Fsp3) is 0.333. The third-order valence-corrected chi connectivity index (χ3v) is 3.35. The Kier molecular flexibility index (Phi) is 6.10. The van der Waals surface area contributed by atoms with Gasteiger partial charge in [0.1, 0.15) is 11.5 Å². The van der Waals surface area contributed by atoms with Gasteiger partial charge >= 0.3 is 0 Å². The molecule has 0 amide bonds. The van der Waals surface area contributed by atoms with Crippen LogP contribution in [0.25, 0.3) is 11.1 Å². The van der Waals surface area contributed by atoms with E-state index >= 15 is 0 Å². The molecular weight excluding hydrogens is 264 g/mol. The molecular formula is C18H22O3. The van der Waals surface area contributed by atoms with Crippen molar-refractivity contribution < 1.29 is 14.6 Å². The molecule has 0 saturated heterocycles. The van der Waals surface area contributed by atoms with Gasteiger partial charge < -0.3 is 14.6 Å². The highest BCUT2D eigenvalue weighted by Gasteiger charge is 2.00. The molecule has 0 bridgehead atoms. The van der Waals surface area contributed by atoms with E-state index in [0.29, 0.717) is 6.61 Å². The Labute approximate surface area is 126 Å². The molecule has 21 heavy (non-hydrogen) atoms. The molecule has 2 aromatic carbocycles. The van der Waals surface area contributed by atoms with Crippen LogP contribution in [0.1, 0.15) is 19.3 Å². The van der Waals surface area contributed by atoms with E-state index in [1.165, 1.54) is 0 Å². The predicted octanol–water partition coefficient (Wildman–Crippen LogP) is 3.90. The van der Waals surface area contributed by atoms with Gasteiger partial charge in [0.2, 0.25) is 0 Å². The first-order valence-corrected chi connectivity index (χ1v) is 7.31. The first-order chi connectivity index (χ1) is 10.3. The van der Waals surface area contributed by atoms with Gasteiger partial charge in [0, 0.05) is 6.61 Å². The summed E-state index contributed by atoms with van der Waals surface area (Å²) in [7, 11) is 1.67. The van der Waals surface area contributed by atoms with E-state index in [-0.39, 0.29) is 6.61 Å². The highest BCUT2D eigenvalue weighted by Crippen LogP contribution is 2.24. The Hall–Kier alpha value is -2.00. The van der Waals surface area contributed by atoms with Crippen molar-refractivity contribution in [2.75, 3.05) is 20.3 Å². The van der Waals surface area contributed by atoms with Crippen LogP contribution in [-0.2, 0) is 0 Å². The molecule has 0 fully saturated rings. The van der Waals surface area contributed by atoms with Crippen LogP contribution in [0.2, 0.25) is 0 Å². The number of hydrogen-bond acceptors (Lipinski definition) is 3. The maximum absolute atomic E-state index is 8.71. The molecule has 0 aliphatic heterocycles. The molecule has 0 saturated carbocycles. The molecule has 0 aromatic heterocycles. The van der Waals surface area contributed by atoms with Gasteiger partial charge in [0.25, 0.3) is 0 Å². The van der Waals surface area contributed by atoms with Crippen LogP contribution in [0.4, 0.5) is 0 Å². The van der Waals surface area contributed by atoms with Gasteiger partial charge in [-0.15, -0.1) is 0 Å². The first-order valence-electron chi connectivity index (χ1n) is 7.31. The summed E-state index contributed by atoms with van der Waals surface area (Å²) in [6.45, 7) is 0.957. The largest absolute Gasteiger partial charge is 0.497 e. The van der Waals surface area contributed by atoms with Crippen molar-refractivity contribution in [2.24, 2.45) is 0 Å². The third-order valence-electron chi connectivity index (χ3n) is 3.35. The molecule has 0 aliphatic rings.